The zero-order valence-corrected chi connectivity index (χ0v) is 10.2. The Morgan fingerprint density at radius 2 is 1.95 bits per heavy atom. The molecule has 0 fully saturated rings. The van der Waals surface area contributed by atoms with E-state index in [0.29, 0.717) is 16.7 Å². The highest BCUT2D eigenvalue weighted by Gasteiger charge is 2.14. The van der Waals surface area contributed by atoms with E-state index >= 15 is 0 Å². The van der Waals surface area contributed by atoms with Crippen molar-refractivity contribution in [3.63, 3.8) is 0 Å². The lowest BCUT2D eigenvalue weighted by Gasteiger charge is -2.08. The molecule has 1 aromatic carbocycles. The number of carbonyl (C=O) groups excluding carboxylic acids is 1. The van der Waals surface area contributed by atoms with Gasteiger partial charge in [-0.3, -0.25) is 0 Å². The van der Waals surface area contributed by atoms with Gasteiger partial charge in [-0.2, -0.15) is 4.39 Å². The summed E-state index contributed by atoms with van der Waals surface area (Å²) in [5.41, 5.74) is 1.41. The number of nitrogens with zero attached hydrogens (tertiary/aromatic N) is 2. The van der Waals surface area contributed by atoms with Gasteiger partial charge in [0.15, 0.2) is 0 Å². The van der Waals surface area contributed by atoms with Crippen LogP contribution in [0.4, 0.5) is 20.6 Å². The zero-order valence-electron chi connectivity index (χ0n) is 10.2. The van der Waals surface area contributed by atoms with Gasteiger partial charge in [-0.25, -0.2) is 14.8 Å². The molecule has 2 amide bonds. The maximum absolute atomic E-state index is 13.7. The number of halogens is 1. The number of amides is 2. The van der Waals surface area contributed by atoms with Gasteiger partial charge in [-0.1, -0.05) is 18.2 Å². The van der Waals surface area contributed by atoms with Crippen molar-refractivity contribution in [2.45, 2.75) is 0 Å². The first kappa shape index (κ1) is 12.1. The number of fused-ring (bicyclic) bond motifs is 1. The van der Waals surface area contributed by atoms with Gasteiger partial charge in [-0.05, 0) is 12.1 Å². The number of aromatic nitrogens is 3. The predicted molar refractivity (Wildman–Crippen MR) is 72.9 cm³/mol. The molecule has 3 N–H and O–H groups in total. The maximum atomic E-state index is 13.7. The number of pyridine rings is 1. The van der Waals surface area contributed by atoms with Crippen molar-refractivity contribution >= 4 is 28.4 Å². The first-order valence-corrected chi connectivity index (χ1v) is 5.84. The molecule has 3 rings (SSSR count). The molecule has 7 heteroatoms. The summed E-state index contributed by atoms with van der Waals surface area (Å²) in [5, 5.41) is 5.01. The number of aromatic amines is 1. The molecule has 0 aliphatic heterocycles. The Morgan fingerprint density at radius 3 is 2.75 bits per heavy atom. The van der Waals surface area contributed by atoms with Crippen LogP contribution in [0.25, 0.3) is 11.0 Å². The minimum atomic E-state index is -0.784. The summed E-state index contributed by atoms with van der Waals surface area (Å²) in [6.45, 7) is 0. The van der Waals surface area contributed by atoms with Crippen LogP contribution in [0, 0.1) is 5.95 Å². The summed E-state index contributed by atoms with van der Waals surface area (Å²) < 4.78 is 13.7. The van der Waals surface area contributed by atoms with Crippen molar-refractivity contribution in [1.82, 2.24) is 15.0 Å². The Bertz CT molecular complexity index is 756. The standard InChI is InChI=1S/C13H10FN5O/c14-12-11(10-9(6-15-12)16-7-17-10)19-13(20)18-8-4-2-1-3-5-8/h1-7H,(H,16,17)(H2,18,19,20). The Balaban J connectivity index is 1.84. The monoisotopic (exact) mass is 271 g/mol. The van der Waals surface area contributed by atoms with E-state index in [4.69, 9.17) is 0 Å². The summed E-state index contributed by atoms with van der Waals surface area (Å²) >= 11 is 0. The van der Waals surface area contributed by atoms with Gasteiger partial charge in [0, 0.05) is 5.69 Å². The zero-order chi connectivity index (χ0) is 13.9. The molecule has 100 valence electrons. The molecule has 0 saturated carbocycles. The van der Waals surface area contributed by atoms with E-state index in [1.165, 1.54) is 12.5 Å². The van der Waals surface area contributed by atoms with Gasteiger partial charge in [0.1, 0.15) is 11.2 Å². The Hall–Kier alpha value is -2.96. The van der Waals surface area contributed by atoms with Crippen molar-refractivity contribution in [2.75, 3.05) is 10.6 Å². The van der Waals surface area contributed by atoms with E-state index in [-0.39, 0.29) is 5.69 Å². The molecule has 0 unspecified atom stereocenters. The lowest BCUT2D eigenvalue weighted by atomic mass is 10.3. The van der Waals surface area contributed by atoms with Crippen LogP contribution in [0.2, 0.25) is 0 Å². The molecule has 0 spiro atoms. The molecule has 2 heterocycles. The maximum Gasteiger partial charge on any atom is 0.323 e. The number of rotatable bonds is 2. The average molecular weight is 271 g/mol. The number of H-pyrrole nitrogens is 1. The van der Waals surface area contributed by atoms with E-state index in [0.717, 1.165) is 0 Å². The molecule has 0 radical (unpaired) electrons. The van der Waals surface area contributed by atoms with Crippen molar-refractivity contribution in [3.8, 4) is 0 Å². The van der Waals surface area contributed by atoms with E-state index < -0.39 is 12.0 Å². The SMILES string of the molecule is O=C(Nc1ccccc1)Nc1c(F)ncc2[nH]cnc12. The molecule has 20 heavy (non-hydrogen) atoms. The average Bonchev–Trinajstić information content (AvgIpc) is 2.92. The van der Waals surface area contributed by atoms with Crippen LogP contribution in [0.1, 0.15) is 0 Å². The van der Waals surface area contributed by atoms with Crippen molar-refractivity contribution in [3.05, 3.63) is 48.8 Å². The van der Waals surface area contributed by atoms with Crippen molar-refractivity contribution in [2.24, 2.45) is 0 Å². The van der Waals surface area contributed by atoms with Gasteiger partial charge < -0.3 is 15.6 Å². The van der Waals surface area contributed by atoms with Crippen LogP contribution >= 0.6 is 0 Å². The molecule has 2 aromatic heterocycles. The van der Waals surface area contributed by atoms with Crippen LogP contribution in [-0.2, 0) is 0 Å². The quantitative estimate of drug-likeness (QED) is 0.627. The topological polar surface area (TPSA) is 82.7 Å². The fourth-order valence-electron chi connectivity index (χ4n) is 1.79. The summed E-state index contributed by atoms with van der Waals surface area (Å²) in [6.07, 6.45) is 2.73. The number of urea groups is 1. The Morgan fingerprint density at radius 1 is 1.15 bits per heavy atom. The first-order valence-electron chi connectivity index (χ1n) is 5.84. The third-order valence-electron chi connectivity index (χ3n) is 2.69. The van der Waals surface area contributed by atoms with Crippen LogP contribution in [-0.4, -0.2) is 21.0 Å². The van der Waals surface area contributed by atoms with Gasteiger partial charge >= 0.3 is 6.03 Å². The molecule has 0 aliphatic rings. The molecular weight excluding hydrogens is 261 g/mol. The lowest BCUT2D eigenvalue weighted by Crippen LogP contribution is -2.20. The highest BCUT2D eigenvalue weighted by molar-refractivity contribution is 6.04. The highest BCUT2D eigenvalue weighted by Crippen LogP contribution is 2.21. The van der Waals surface area contributed by atoms with Gasteiger partial charge in [0.2, 0.25) is 5.95 Å². The number of para-hydroxylation sites is 1. The fraction of sp³-hybridized carbons (Fsp3) is 0. The van der Waals surface area contributed by atoms with Crippen LogP contribution in [0.5, 0.6) is 0 Å². The normalized spacial score (nSPS) is 10.4. The molecule has 6 nitrogen and oxygen atoms in total. The third-order valence-corrected chi connectivity index (χ3v) is 2.69. The Labute approximate surface area is 113 Å². The number of hydrogen-bond acceptors (Lipinski definition) is 3. The smallest absolute Gasteiger partial charge is 0.323 e. The largest absolute Gasteiger partial charge is 0.343 e. The minimum absolute atomic E-state index is 0.0582. The summed E-state index contributed by atoms with van der Waals surface area (Å²) in [6, 6.07) is 8.29. The summed E-state index contributed by atoms with van der Waals surface area (Å²) in [5.74, 6) is -0.784. The fourth-order valence-corrected chi connectivity index (χ4v) is 1.79. The number of benzene rings is 1. The number of imidazole rings is 1. The van der Waals surface area contributed by atoms with Gasteiger partial charge in [-0.15, -0.1) is 0 Å². The highest BCUT2D eigenvalue weighted by atomic mass is 19.1. The number of hydrogen-bond donors (Lipinski definition) is 3. The predicted octanol–water partition coefficient (Wildman–Crippen LogP) is 2.74. The molecule has 0 atom stereocenters. The van der Waals surface area contributed by atoms with Crippen LogP contribution in [0.15, 0.2) is 42.9 Å². The van der Waals surface area contributed by atoms with Crippen LogP contribution < -0.4 is 10.6 Å². The Kier molecular flexibility index (Phi) is 3.00. The molecule has 0 bridgehead atoms. The van der Waals surface area contributed by atoms with E-state index in [2.05, 4.69) is 25.6 Å². The summed E-state index contributed by atoms with van der Waals surface area (Å²) in [4.78, 5) is 22.2. The van der Waals surface area contributed by atoms with Crippen LogP contribution in [0.3, 0.4) is 0 Å². The minimum Gasteiger partial charge on any atom is -0.343 e. The molecule has 3 aromatic rings. The van der Waals surface area contributed by atoms with E-state index in [1.54, 1.807) is 24.3 Å². The van der Waals surface area contributed by atoms with E-state index in [9.17, 15) is 9.18 Å². The van der Waals surface area contributed by atoms with E-state index in [1.807, 2.05) is 6.07 Å². The second-order valence-corrected chi connectivity index (χ2v) is 4.03. The number of nitrogens with one attached hydrogen (secondary N) is 3. The first-order chi connectivity index (χ1) is 9.74. The lowest BCUT2D eigenvalue weighted by molar-refractivity contribution is 0.262. The second kappa shape index (κ2) is 4.96. The van der Waals surface area contributed by atoms with Crippen molar-refractivity contribution in [1.29, 1.82) is 0 Å². The second-order valence-electron chi connectivity index (χ2n) is 4.03. The molecule has 0 aliphatic carbocycles. The number of anilines is 2. The van der Waals surface area contributed by atoms with Gasteiger partial charge in [0.05, 0.1) is 18.0 Å². The summed E-state index contributed by atoms with van der Waals surface area (Å²) in [7, 11) is 0. The van der Waals surface area contributed by atoms with Gasteiger partial charge in [0.25, 0.3) is 0 Å². The molecular formula is C13H10FN5O. The number of carbonyl (C=O) groups is 1. The molecule has 0 saturated heterocycles. The third kappa shape index (κ3) is 2.28. The van der Waals surface area contributed by atoms with Crippen molar-refractivity contribution < 1.29 is 9.18 Å².